The predicted molar refractivity (Wildman–Crippen MR) is 100 cm³/mol. The molecule has 1 heterocycles. The number of methoxy groups -OCH3 is 2. The van der Waals surface area contributed by atoms with Gasteiger partial charge < -0.3 is 13.9 Å². The number of benzene rings is 2. The van der Waals surface area contributed by atoms with Crippen molar-refractivity contribution in [3.8, 4) is 11.5 Å². The zero-order chi connectivity index (χ0) is 18.7. The van der Waals surface area contributed by atoms with Crippen LogP contribution in [-0.2, 0) is 0 Å². The molecule has 0 spiro atoms. The molecule has 0 amide bonds. The normalized spacial score (nSPS) is 11.4. The van der Waals surface area contributed by atoms with Crippen molar-refractivity contribution in [2.24, 2.45) is 0 Å². The topological polar surface area (TPSA) is 65.7 Å². The molecule has 0 unspecified atom stereocenters. The average Bonchev–Trinajstić information content (AvgIpc) is 2.66. The van der Waals surface area contributed by atoms with E-state index in [1.165, 1.54) is 26.4 Å². The van der Waals surface area contributed by atoms with Crippen molar-refractivity contribution in [3.63, 3.8) is 0 Å². The second-order valence-corrected chi connectivity index (χ2v) is 5.82. The number of carbonyl (C=O) groups is 1. The van der Waals surface area contributed by atoms with Crippen LogP contribution in [0.4, 0.5) is 0 Å². The molecule has 0 saturated heterocycles. The maximum Gasteiger partial charge on any atom is 0.347 e. The summed E-state index contributed by atoms with van der Waals surface area (Å²) < 4.78 is 15.7. The van der Waals surface area contributed by atoms with E-state index in [0.29, 0.717) is 22.4 Å². The highest BCUT2D eigenvalue weighted by Gasteiger charge is 2.16. The van der Waals surface area contributed by atoms with Gasteiger partial charge in [0.2, 0.25) is 0 Å². The molecule has 0 radical (unpaired) electrons. The Morgan fingerprint density at radius 3 is 2.46 bits per heavy atom. The Kier molecular flexibility index (Phi) is 5.09. The largest absolute Gasteiger partial charge is 0.496 e. The quantitative estimate of drug-likeness (QED) is 0.381. The van der Waals surface area contributed by atoms with E-state index in [9.17, 15) is 9.59 Å². The monoisotopic (exact) mass is 370 g/mol. The third kappa shape index (κ3) is 3.48. The van der Waals surface area contributed by atoms with Gasteiger partial charge >= 0.3 is 5.63 Å². The van der Waals surface area contributed by atoms with Crippen LogP contribution in [0.2, 0.25) is 0 Å². The Hall–Kier alpha value is -3.05. The number of hydrogen-bond donors (Lipinski definition) is 0. The number of carbonyl (C=O) groups excluding carboxylic acids is 1. The Morgan fingerprint density at radius 2 is 1.81 bits per heavy atom. The number of rotatable bonds is 5. The lowest BCUT2D eigenvalue weighted by atomic mass is 10.1. The van der Waals surface area contributed by atoms with E-state index >= 15 is 0 Å². The van der Waals surface area contributed by atoms with Crippen LogP contribution in [0.1, 0.15) is 15.9 Å². The lowest BCUT2D eigenvalue weighted by Crippen LogP contribution is -2.12. The molecule has 26 heavy (non-hydrogen) atoms. The van der Waals surface area contributed by atoms with Crippen molar-refractivity contribution in [1.29, 1.82) is 0 Å². The highest BCUT2D eigenvalue weighted by molar-refractivity contribution is 6.50. The summed E-state index contributed by atoms with van der Waals surface area (Å²) in [5.41, 5.74) is 0.0533. The van der Waals surface area contributed by atoms with E-state index in [1.807, 2.05) is 6.07 Å². The summed E-state index contributed by atoms with van der Waals surface area (Å²) in [4.78, 5) is 24.8. The molecule has 6 heteroatoms. The molecular weight excluding hydrogens is 356 g/mol. The van der Waals surface area contributed by atoms with E-state index in [4.69, 9.17) is 25.5 Å². The van der Waals surface area contributed by atoms with Crippen LogP contribution >= 0.6 is 11.6 Å². The van der Waals surface area contributed by atoms with Crippen molar-refractivity contribution >= 4 is 33.4 Å². The fraction of sp³-hybridized carbons (Fsp3) is 0.100. The van der Waals surface area contributed by atoms with Crippen LogP contribution < -0.4 is 15.1 Å². The van der Waals surface area contributed by atoms with Crippen molar-refractivity contribution < 1.29 is 18.7 Å². The van der Waals surface area contributed by atoms with Gasteiger partial charge in [-0.1, -0.05) is 41.9 Å². The summed E-state index contributed by atoms with van der Waals surface area (Å²) in [7, 11) is 2.97. The minimum absolute atomic E-state index is 0.130. The molecule has 0 fully saturated rings. The van der Waals surface area contributed by atoms with Crippen LogP contribution in [0.25, 0.3) is 16.0 Å². The number of halogens is 1. The summed E-state index contributed by atoms with van der Waals surface area (Å²) >= 11 is 6.19. The standard InChI is InChI=1S/C20H15ClO5/c1-24-13-8-18(25-2)15-10-14(20(23)26-19(15)9-13)17(22)11-16(21)12-6-4-3-5-7-12/h3-11H,1-2H3/b16-11+. The van der Waals surface area contributed by atoms with Gasteiger partial charge in [0.25, 0.3) is 0 Å². The Balaban J connectivity index is 2.09. The molecule has 0 bridgehead atoms. The molecule has 0 atom stereocenters. The van der Waals surface area contributed by atoms with E-state index in [2.05, 4.69) is 0 Å². The van der Waals surface area contributed by atoms with Crippen molar-refractivity contribution in [1.82, 2.24) is 0 Å². The molecule has 2 aromatic carbocycles. The summed E-state index contributed by atoms with van der Waals surface area (Å²) in [5, 5.41) is 0.720. The van der Waals surface area contributed by atoms with Crippen LogP contribution in [-0.4, -0.2) is 20.0 Å². The van der Waals surface area contributed by atoms with E-state index in [-0.39, 0.29) is 16.2 Å². The highest BCUT2D eigenvalue weighted by Crippen LogP contribution is 2.31. The predicted octanol–water partition coefficient (Wildman–Crippen LogP) is 4.27. The molecule has 132 valence electrons. The van der Waals surface area contributed by atoms with Gasteiger partial charge in [-0.2, -0.15) is 0 Å². The van der Waals surface area contributed by atoms with E-state index in [0.717, 1.165) is 0 Å². The van der Waals surface area contributed by atoms with Gasteiger partial charge in [-0.05, 0) is 11.6 Å². The van der Waals surface area contributed by atoms with Gasteiger partial charge in [-0.25, -0.2) is 4.79 Å². The van der Waals surface area contributed by atoms with Crippen LogP contribution in [0.3, 0.4) is 0 Å². The van der Waals surface area contributed by atoms with E-state index in [1.54, 1.807) is 36.4 Å². The Bertz CT molecular complexity index is 1050. The number of ketones is 1. The average molecular weight is 371 g/mol. The first-order valence-corrected chi connectivity index (χ1v) is 8.08. The van der Waals surface area contributed by atoms with Gasteiger partial charge in [-0.15, -0.1) is 0 Å². The first-order valence-electron chi connectivity index (χ1n) is 7.70. The van der Waals surface area contributed by atoms with Crippen LogP contribution in [0, 0.1) is 0 Å². The van der Waals surface area contributed by atoms with Crippen LogP contribution in [0.5, 0.6) is 11.5 Å². The lowest BCUT2D eigenvalue weighted by molar-refractivity contribution is 0.104. The fourth-order valence-electron chi connectivity index (χ4n) is 2.49. The second-order valence-electron chi connectivity index (χ2n) is 5.41. The van der Waals surface area contributed by atoms with E-state index < -0.39 is 11.4 Å². The van der Waals surface area contributed by atoms with Gasteiger partial charge in [0.1, 0.15) is 22.6 Å². The Labute approximate surface area is 154 Å². The first kappa shape index (κ1) is 17.8. The highest BCUT2D eigenvalue weighted by atomic mass is 35.5. The van der Waals surface area contributed by atoms with Gasteiger partial charge in [0, 0.05) is 18.2 Å². The van der Waals surface area contributed by atoms with Crippen LogP contribution in [0.15, 0.2) is 63.8 Å². The number of hydrogen-bond acceptors (Lipinski definition) is 5. The first-order chi connectivity index (χ1) is 12.5. The maximum atomic E-state index is 12.5. The zero-order valence-electron chi connectivity index (χ0n) is 14.1. The van der Waals surface area contributed by atoms with Gasteiger partial charge in [0.05, 0.1) is 24.6 Å². The lowest BCUT2D eigenvalue weighted by Gasteiger charge is -2.08. The molecule has 0 aliphatic heterocycles. The van der Waals surface area contributed by atoms with Crippen molar-refractivity contribution in [3.05, 3.63) is 76.2 Å². The minimum Gasteiger partial charge on any atom is -0.496 e. The zero-order valence-corrected chi connectivity index (χ0v) is 14.9. The Morgan fingerprint density at radius 1 is 1.08 bits per heavy atom. The third-order valence-corrected chi connectivity index (χ3v) is 4.14. The number of ether oxygens (including phenoxy) is 2. The molecule has 0 N–H and O–H groups in total. The molecule has 3 rings (SSSR count). The van der Waals surface area contributed by atoms with Crippen molar-refractivity contribution in [2.75, 3.05) is 14.2 Å². The smallest absolute Gasteiger partial charge is 0.347 e. The molecule has 1 aromatic heterocycles. The maximum absolute atomic E-state index is 12.5. The van der Waals surface area contributed by atoms with Gasteiger partial charge in [-0.3, -0.25) is 4.79 Å². The second kappa shape index (κ2) is 7.45. The molecule has 5 nitrogen and oxygen atoms in total. The summed E-state index contributed by atoms with van der Waals surface area (Å²) in [6, 6.07) is 13.6. The minimum atomic E-state index is -0.758. The molecule has 3 aromatic rings. The fourth-order valence-corrected chi connectivity index (χ4v) is 2.72. The summed E-state index contributed by atoms with van der Waals surface area (Å²) in [6.07, 6.45) is 1.20. The number of allylic oxidation sites excluding steroid dienone is 1. The summed E-state index contributed by atoms with van der Waals surface area (Å²) in [5.74, 6) is 0.353. The van der Waals surface area contributed by atoms with Gasteiger partial charge in [0.15, 0.2) is 5.78 Å². The molecule has 0 aliphatic rings. The SMILES string of the molecule is COc1cc(OC)c2cc(C(=O)/C=C(/Cl)c3ccccc3)c(=O)oc2c1. The molecular formula is C20H15ClO5. The molecule has 0 aliphatic carbocycles. The van der Waals surface area contributed by atoms with Crippen molar-refractivity contribution in [2.45, 2.75) is 0 Å². The third-order valence-electron chi connectivity index (χ3n) is 3.82. The molecule has 0 saturated carbocycles. The summed E-state index contributed by atoms with van der Waals surface area (Å²) in [6.45, 7) is 0. The number of fused-ring (bicyclic) bond motifs is 1.